The molecule has 1 fully saturated rings. The van der Waals surface area contributed by atoms with Crippen LogP contribution in [0, 0.1) is 0 Å². The molecule has 1 atom stereocenters. The molecule has 0 N–H and O–H groups in total. The molecule has 0 aromatic carbocycles. The van der Waals surface area contributed by atoms with Crippen LogP contribution in [-0.4, -0.2) is 66.8 Å². The van der Waals surface area contributed by atoms with Gasteiger partial charge in [-0.3, -0.25) is 9.88 Å². The van der Waals surface area contributed by atoms with Crippen molar-refractivity contribution < 1.29 is 4.74 Å². The summed E-state index contributed by atoms with van der Waals surface area (Å²) in [4.78, 5) is 9.28. The monoisotopic (exact) mass is 291 g/mol. The zero-order chi connectivity index (χ0) is 14.9. The minimum Gasteiger partial charge on any atom is -0.380 e. The van der Waals surface area contributed by atoms with E-state index in [9.17, 15) is 0 Å². The van der Waals surface area contributed by atoms with Crippen LogP contribution in [0.15, 0.2) is 24.5 Å². The van der Waals surface area contributed by atoms with E-state index in [2.05, 4.69) is 40.8 Å². The maximum absolute atomic E-state index is 5.50. The third kappa shape index (κ3) is 5.38. The second-order valence-electron chi connectivity index (χ2n) is 5.70. The van der Waals surface area contributed by atoms with E-state index in [0.717, 1.165) is 32.7 Å². The molecule has 1 aromatic heterocycles. The molecule has 2 rings (SSSR count). The number of pyridine rings is 1. The summed E-state index contributed by atoms with van der Waals surface area (Å²) in [6.45, 7) is 11.8. The van der Waals surface area contributed by atoms with Crippen molar-refractivity contribution in [2.45, 2.75) is 32.7 Å². The Kier molecular flexibility index (Phi) is 7.13. The lowest BCUT2D eigenvalue weighted by Crippen LogP contribution is -2.53. The molecule has 1 aromatic rings. The average molecular weight is 291 g/mol. The second-order valence-corrected chi connectivity index (χ2v) is 5.70. The van der Waals surface area contributed by atoms with Crippen LogP contribution in [0.2, 0.25) is 0 Å². The van der Waals surface area contributed by atoms with E-state index in [4.69, 9.17) is 4.74 Å². The fourth-order valence-corrected chi connectivity index (χ4v) is 3.00. The Hall–Kier alpha value is -0.970. The van der Waals surface area contributed by atoms with Crippen LogP contribution in [0.3, 0.4) is 0 Å². The van der Waals surface area contributed by atoms with E-state index >= 15 is 0 Å². The third-order valence-corrected chi connectivity index (χ3v) is 4.35. The standard InChI is InChI=1S/C17H29N3O/c1-3-17-15-19(10-7-16-5-8-18-9-6-16)11-12-20(17)13-14-21-4-2/h5-6,8-9,17H,3-4,7,10-15H2,1-2H3/t17-/m1/s1. The fraction of sp³-hybridized carbons (Fsp3) is 0.706. The quantitative estimate of drug-likeness (QED) is 0.686. The van der Waals surface area contributed by atoms with Crippen molar-refractivity contribution in [1.29, 1.82) is 0 Å². The van der Waals surface area contributed by atoms with Crippen molar-refractivity contribution >= 4 is 0 Å². The summed E-state index contributed by atoms with van der Waals surface area (Å²) >= 11 is 0. The number of nitrogens with zero attached hydrogens (tertiary/aromatic N) is 3. The minimum atomic E-state index is 0.677. The molecule has 118 valence electrons. The third-order valence-electron chi connectivity index (χ3n) is 4.35. The predicted octanol–water partition coefficient (Wildman–Crippen LogP) is 2.06. The maximum Gasteiger partial charge on any atom is 0.0593 e. The molecule has 4 nitrogen and oxygen atoms in total. The smallest absolute Gasteiger partial charge is 0.0593 e. The molecule has 0 spiro atoms. The van der Waals surface area contributed by atoms with Gasteiger partial charge in [0.1, 0.15) is 0 Å². The summed E-state index contributed by atoms with van der Waals surface area (Å²) in [5.41, 5.74) is 1.39. The Bertz CT molecular complexity index is 385. The molecule has 0 radical (unpaired) electrons. The molecule has 1 aliphatic rings. The molecule has 0 amide bonds. The first-order valence-electron chi connectivity index (χ1n) is 8.26. The second kappa shape index (κ2) is 9.13. The summed E-state index contributed by atoms with van der Waals surface area (Å²) in [7, 11) is 0. The van der Waals surface area contributed by atoms with Gasteiger partial charge in [-0.25, -0.2) is 0 Å². The lowest BCUT2D eigenvalue weighted by molar-refractivity contribution is 0.0417. The van der Waals surface area contributed by atoms with Crippen LogP contribution in [-0.2, 0) is 11.2 Å². The number of aromatic nitrogens is 1. The van der Waals surface area contributed by atoms with E-state index in [1.807, 2.05) is 12.4 Å². The average Bonchev–Trinajstić information content (AvgIpc) is 2.55. The lowest BCUT2D eigenvalue weighted by Gasteiger charge is -2.41. The maximum atomic E-state index is 5.50. The van der Waals surface area contributed by atoms with Gasteiger partial charge in [0.25, 0.3) is 0 Å². The van der Waals surface area contributed by atoms with Crippen molar-refractivity contribution in [3.8, 4) is 0 Å². The summed E-state index contributed by atoms with van der Waals surface area (Å²) < 4.78 is 5.50. The van der Waals surface area contributed by atoms with Gasteiger partial charge in [0.05, 0.1) is 6.61 Å². The first-order valence-corrected chi connectivity index (χ1v) is 8.26. The minimum absolute atomic E-state index is 0.677. The van der Waals surface area contributed by atoms with Crippen LogP contribution in [0.25, 0.3) is 0 Å². The molecule has 0 saturated carbocycles. The number of rotatable bonds is 8. The Morgan fingerprint density at radius 1 is 1.19 bits per heavy atom. The number of hydrogen-bond acceptors (Lipinski definition) is 4. The number of hydrogen-bond donors (Lipinski definition) is 0. The Labute approximate surface area is 129 Å². The summed E-state index contributed by atoms with van der Waals surface area (Å²) in [6, 6.07) is 4.92. The summed E-state index contributed by atoms with van der Waals surface area (Å²) in [5.74, 6) is 0. The summed E-state index contributed by atoms with van der Waals surface area (Å²) in [5, 5.41) is 0. The first-order chi connectivity index (χ1) is 10.3. The van der Waals surface area contributed by atoms with Gasteiger partial charge in [0.15, 0.2) is 0 Å². The van der Waals surface area contributed by atoms with Crippen LogP contribution in [0.1, 0.15) is 25.8 Å². The van der Waals surface area contributed by atoms with Crippen molar-refractivity contribution in [3.63, 3.8) is 0 Å². The number of piperazine rings is 1. The molecule has 1 aliphatic heterocycles. The normalized spacial score (nSPS) is 20.8. The highest BCUT2D eigenvalue weighted by Gasteiger charge is 2.24. The molecule has 0 bridgehead atoms. The Morgan fingerprint density at radius 2 is 2.00 bits per heavy atom. The number of ether oxygens (including phenoxy) is 1. The molecule has 1 saturated heterocycles. The molecule has 0 aliphatic carbocycles. The molecule has 4 heteroatoms. The van der Waals surface area contributed by atoms with Crippen LogP contribution >= 0.6 is 0 Å². The molecular weight excluding hydrogens is 262 g/mol. The predicted molar refractivity (Wildman–Crippen MR) is 86.5 cm³/mol. The lowest BCUT2D eigenvalue weighted by atomic mass is 10.1. The van der Waals surface area contributed by atoms with Crippen molar-refractivity contribution in [2.24, 2.45) is 0 Å². The van der Waals surface area contributed by atoms with Gasteiger partial charge in [0, 0.05) is 57.8 Å². The van der Waals surface area contributed by atoms with Gasteiger partial charge in [-0.15, -0.1) is 0 Å². The SMILES string of the molecule is CCOCCN1CCN(CCc2ccncc2)C[C@H]1CC. The fourth-order valence-electron chi connectivity index (χ4n) is 3.00. The highest BCUT2D eigenvalue weighted by atomic mass is 16.5. The van der Waals surface area contributed by atoms with Gasteiger partial charge in [-0.1, -0.05) is 6.92 Å². The van der Waals surface area contributed by atoms with E-state index < -0.39 is 0 Å². The first kappa shape index (κ1) is 16.4. The van der Waals surface area contributed by atoms with E-state index in [-0.39, 0.29) is 0 Å². The largest absolute Gasteiger partial charge is 0.380 e. The van der Waals surface area contributed by atoms with E-state index in [0.29, 0.717) is 6.04 Å². The van der Waals surface area contributed by atoms with Crippen molar-refractivity contribution in [3.05, 3.63) is 30.1 Å². The van der Waals surface area contributed by atoms with Crippen molar-refractivity contribution in [1.82, 2.24) is 14.8 Å². The zero-order valence-corrected chi connectivity index (χ0v) is 13.5. The van der Waals surface area contributed by atoms with Gasteiger partial charge in [-0.05, 0) is 37.5 Å². The molecule has 21 heavy (non-hydrogen) atoms. The molecular formula is C17H29N3O. The van der Waals surface area contributed by atoms with Crippen LogP contribution < -0.4 is 0 Å². The summed E-state index contributed by atoms with van der Waals surface area (Å²) in [6.07, 6.45) is 6.11. The van der Waals surface area contributed by atoms with Gasteiger partial charge in [-0.2, -0.15) is 0 Å². The van der Waals surface area contributed by atoms with Gasteiger partial charge >= 0.3 is 0 Å². The Morgan fingerprint density at radius 3 is 2.71 bits per heavy atom. The van der Waals surface area contributed by atoms with Crippen LogP contribution in [0.5, 0.6) is 0 Å². The highest BCUT2D eigenvalue weighted by molar-refractivity contribution is 5.10. The molecule has 0 unspecified atom stereocenters. The Balaban J connectivity index is 1.75. The topological polar surface area (TPSA) is 28.6 Å². The highest BCUT2D eigenvalue weighted by Crippen LogP contribution is 2.13. The molecule has 2 heterocycles. The van der Waals surface area contributed by atoms with Crippen molar-refractivity contribution in [2.75, 3.05) is 45.9 Å². The van der Waals surface area contributed by atoms with Crippen LogP contribution in [0.4, 0.5) is 0 Å². The van der Waals surface area contributed by atoms with Gasteiger partial charge in [0.2, 0.25) is 0 Å². The van der Waals surface area contributed by atoms with E-state index in [1.165, 1.54) is 31.6 Å². The zero-order valence-electron chi connectivity index (χ0n) is 13.5. The van der Waals surface area contributed by atoms with E-state index in [1.54, 1.807) is 0 Å². The van der Waals surface area contributed by atoms with Gasteiger partial charge < -0.3 is 9.64 Å².